The van der Waals surface area contributed by atoms with Crippen LogP contribution >= 0.6 is 0 Å². The molecule has 6 nitrogen and oxygen atoms in total. The van der Waals surface area contributed by atoms with Gasteiger partial charge in [-0.05, 0) is 26.8 Å². The highest BCUT2D eigenvalue weighted by Gasteiger charge is 2.14. The molecule has 19 heavy (non-hydrogen) atoms. The lowest BCUT2D eigenvalue weighted by atomic mass is 10.2. The summed E-state index contributed by atoms with van der Waals surface area (Å²) in [5, 5.41) is 9.64. The summed E-state index contributed by atoms with van der Waals surface area (Å²) in [6, 6.07) is 1.88. The number of aryl methyl sites for hydroxylation is 1. The zero-order valence-electron chi connectivity index (χ0n) is 11.4. The third-order valence-corrected chi connectivity index (χ3v) is 3.03. The number of amides is 1. The first-order valence-electron chi connectivity index (χ1n) is 6.23. The minimum absolute atomic E-state index is 0.133. The number of hydrogen-bond donors (Lipinski definition) is 3. The van der Waals surface area contributed by atoms with Gasteiger partial charge in [-0.25, -0.2) is 0 Å². The number of aromatic amines is 1. The molecule has 6 heteroatoms. The fraction of sp³-hybridized carbons (Fsp3) is 0.385. The second kappa shape index (κ2) is 5.17. The van der Waals surface area contributed by atoms with E-state index in [1.54, 1.807) is 18.5 Å². The summed E-state index contributed by atoms with van der Waals surface area (Å²) in [5.74, 6) is -0.133. The molecule has 2 rings (SSSR count). The van der Waals surface area contributed by atoms with Crippen LogP contribution in [0.2, 0.25) is 0 Å². The highest BCUT2D eigenvalue weighted by atomic mass is 16.1. The van der Waals surface area contributed by atoms with Crippen molar-refractivity contribution in [3.63, 3.8) is 0 Å². The van der Waals surface area contributed by atoms with Gasteiger partial charge in [-0.15, -0.1) is 0 Å². The zero-order chi connectivity index (χ0) is 14.0. The molecule has 0 spiro atoms. The Kier molecular flexibility index (Phi) is 3.59. The van der Waals surface area contributed by atoms with Crippen molar-refractivity contribution < 1.29 is 4.79 Å². The van der Waals surface area contributed by atoms with Crippen molar-refractivity contribution >= 4 is 11.6 Å². The smallest absolute Gasteiger partial charge is 0.268 e. The number of aromatic nitrogens is 3. The van der Waals surface area contributed by atoms with Crippen LogP contribution in [0.3, 0.4) is 0 Å². The molecule has 0 unspecified atom stereocenters. The van der Waals surface area contributed by atoms with E-state index in [0.29, 0.717) is 17.9 Å². The van der Waals surface area contributed by atoms with Gasteiger partial charge in [0.2, 0.25) is 0 Å². The maximum atomic E-state index is 12.2. The first-order valence-corrected chi connectivity index (χ1v) is 6.23. The van der Waals surface area contributed by atoms with Crippen LogP contribution in [-0.4, -0.2) is 20.7 Å². The van der Waals surface area contributed by atoms with Crippen LogP contribution in [0.4, 0.5) is 5.69 Å². The number of nitrogen functional groups attached to an aromatic ring is 1. The van der Waals surface area contributed by atoms with Gasteiger partial charge >= 0.3 is 0 Å². The zero-order valence-corrected chi connectivity index (χ0v) is 11.4. The van der Waals surface area contributed by atoms with Crippen molar-refractivity contribution in [1.29, 1.82) is 0 Å². The number of anilines is 1. The van der Waals surface area contributed by atoms with Crippen molar-refractivity contribution in [2.45, 2.75) is 33.4 Å². The summed E-state index contributed by atoms with van der Waals surface area (Å²) in [5.41, 5.74) is 8.86. The van der Waals surface area contributed by atoms with E-state index in [-0.39, 0.29) is 11.9 Å². The Hall–Kier alpha value is -2.24. The number of carbonyl (C=O) groups is 1. The van der Waals surface area contributed by atoms with Gasteiger partial charge in [0.1, 0.15) is 5.69 Å². The predicted molar refractivity (Wildman–Crippen MR) is 73.7 cm³/mol. The Morgan fingerprint density at radius 2 is 2.32 bits per heavy atom. The number of rotatable bonds is 4. The number of H-pyrrole nitrogens is 1. The molecule has 0 aliphatic heterocycles. The third kappa shape index (κ3) is 2.78. The molecule has 102 valence electrons. The monoisotopic (exact) mass is 261 g/mol. The maximum Gasteiger partial charge on any atom is 0.268 e. The normalized spacial score (nSPS) is 10.9. The second-order valence-electron chi connectivity index (χ2n) is 4.86. The minimum atomic E-state index is -0.133. The van der Waals surface area contributed by atoms with Crippen LogP contribution in [-0.2, 0) is 6.54 Å². The van der Waals surface area contributed by atoms with E-state index in [1.165, 1.54) is 0 Å². The van der Waals surface area contributed by atoms with Crippen LogP contribution in [0.25, 0.3) is 0 Å². The second-order valence-corrected chi connectivity index (χ2v) is 4.86. The molecule has 2 aromatic heterocycles. The summed E-state index contributed by atoms with van der Waals surface area (Å²) in [6.07, 6.45) is 3.49. The average molecular weight is 261 g/mol. The Morgan fingerprint density at radius 3 is 2.89 bits per heavy atom. The first kappa shape index (κ1) is 13.2. The number of nitrogens with one attached hydrogen (secondary N) is 2. The van der Waals surface area contributed by atoms with Gasteiger partial charge in [-0.1, -0.05) is 0 Å². The lowest BCUT2D eigenvalue weighted by Crippen LogP contribution is -2.26. The molecule has 2 heterocycles. The molecule has 0 saturated carbocycles. The van der Waals surface area contributed by atoms with Crippen LogP contribution in [0.15, 0.2) is 18.5 Å². The highest BCUT2D eigenvalue weighted by Crippen LogP contribution is 2.16. The fourth-order valence-electron chi connectivity index (χ4n) is 1.93. The van der Waals surface area contributed by atoms with Gasteiger partial charge in [0, 0.05) is 30.0 Å². The molecule has 2 aromatic rings. The quantitative estimate of drug-likeness (QED) is 0.781. The van der Waals surface area contributed by atoms with Crippen molar-refractivity contribution in [3.8, 4) is 0 Å². The van der Waals surface area contributed by atoms with E-state index in [9.17, 15) is 4.79 Å². The molecule has 0 fully saturated rings. The molecular weight excluding hydrogens is 242 g/mol. The fourth-order valence-corrected chi connectivity index (χ4v) is 1.93. The van der Waals surface area contributed by atoms with Crippen molar-refractivity contribution in [2.24, 2.45) is 0 Å². The summed E-state index contributed by atoms with van der Waals surface area (Å²) >= 11 is 0. The third-order valence-electron chi connectivity index (χ3n) is 3.03. The van der Waals surface area contributed by atoms with Gasteiger partial charge in [0.05, 0.1) is 11.9 Å². The van der Waals surface area contributed by atoms with Gasteiger partial charge in [-0.2, -0.15) is 5.10 Å². The van der Waals surface area contributed by atoms with E-state index in [1.807, 2.05) is 25.3 Å². The molecule has 0 aliphatic rings. The molecule has 0 aliphatic carbocycles. The molecule has 0 bridgehead atoms. The van der Waals surface area contributed by atoms with Crippen LogP contribution in [0, 0.1) is 6.92 Å². The Bertz CT molecular complexity index is 582. The van der Waals surface area contributed by atoms with Crippen molar-refractivity contribution in [3.05, 3.63) is 35.4 Å². The van der Waals surface area contributed by atoms with Gasteiger partial charge < -0.3 is 15.6 Å². The summed E-state index contributed by atoms with van der Waals surface area (Å²) in [4.78, 5) is 12.2. The minimum Gasteiger partial charge on any atom is -0.397 e. The van der Waals surface area contributed by atoms with Gasteiger partial charge in [0.15, 0.2) is 0 Å². The predicted octanol–water partition coefficient (Wildman–Crippen LogP) is 1.61. The van der Waals surface area contributed by atoms with Crippen LogP contribution in [0.5, 0.6) is 0 Å². The molecule has 0 saturated heterocycles. The number of nitrogens with two attached hydrogens (primary N) is 1. The van der Waals surface area contributed by atoms with Crippen molar-refractivity contribution in [2.75, 3.05) is 5.73 Å². The van der Waals surface area contributed by atoms with Crippen LogP contribution < -0.4 is 11.1 Å². The maximum absolute atomic E-state index is 12.2. The molecule has 0 aromatic carbocycles. The molecular formula is C13H19N5O. The topological polar surface area (TPSA) is 88.7 Å². The summed E-state index contributed by atoms with van der Waals surface area (Å²) < 4.78 is 1.87. The van der Waals surface area contributed by atoms with Crippen LogP contribution in [0.1, 0.15) is 41.6 Å². The lowest BCUT2D eigenvalue weighted by Gasteiger charge is -2.12. The molecule has 1 amide bonds. The number of nitrogens with zero attached hydrogens (tertiary/aromatic N) is 2. The molecule has 0 atom stereocenters. The van der Waals surface area contributed by atoms with E-state index in [4.69, 9.17) is 5.73 Å². The van der Waals surface area contributed by atoms with Gasteiger partial charge in [-0.3, -0.25) is 9.89 Å². The molecule has 4 N–H and O–H groups in total. The van der Waals surface area contributed by atoms with E-state index in [2.05, 4.69) is 15.5 Å². The first-order chi connectivity index (χ1) is 8.99. The number of carbonyl (C=O) groups excluding carboxylic acids is 1. The Morgan fingerprint density at radius 1 is 1.58 bits per heavy atom. The van der Waals surface area contributed by atoms with E-state index >= 15 is 0 Å². The largest absolute Gasteiger partial charge is 0.397 e. The van der Waals surface area contributed by atoms with Gasteiger partial charge in [0.25, 0.3) is 5.91 Å². The average Bonchev–Trinajstić information content (AvgIpc) is 2.92. The standard InChI is InChI=1S/C13H19N5O/c1-8(2)18-7-11(14)4-12(18)13(19)15-5-10-6-16-17-9(10)3/h4,6-8H,5,14H2,1-3H3,(H,15,19)(H,16,17). The van der Waals surface area contributed by atoms with Crippen molar-refractivity contribution in [1.82, 2.24) is 20.1 Å². The Balaban J connectivity index is 2.10. The lowest BCUT2D eigenvalue weighted by molar-refractivity contribution is 0.0940. The van der Waals surface area contributed by atoms with E-state index in [0.717, 1.165) is 11.3 Å². The summed E-state index contributed by atoms with van der Waals surface area (Å²) in [6.45, 7) is 6.39. The Labute approximate surface area is 112 Å². The SMILES string of the molecule is Cc1[nH]ncc1CNC(=O)c1cc(N)cn1C(C)C. The van der Waals surface area contributed by atoms with E-state index < -0.39 is 0 Å². The molecule has 0 radical (unpaired) electrons. The highest BCUT2D eigenvalue weighted by molar-refractivity contribution is 5.93. The summed E-state index contributed by atoms with van der Waals surface area (Å²) in [7, 11) is 0. The number of hydrogen-bond acceptors (Lipinski definition) is 3.